The first kappa shape index (κ1) is 14.8. The SMILES string of the molecule is CC(Cl)C(=O)NCCCN(C)c1ccccc1F. The molecule has 0 aliphatic heterocycles. The van der Waals surface area contributed by atoms with Crippen LogP contribution in [-0.4, -0.2) is 31.4 Å². The molecule has 0 spiro atoms. The normalized spacial score (nSPS) is 12.0. The molecular weight excluding hydrogens is 255 g/mol. The first-order chi connectivity index (χ1) is 8.52. The van der Waals surface area contributed by atoms with E-state index < -0.39 is 5.38 Å². The van der Waals surface area contributed by atoms with Gasteiger partial charge >= 0.3 is 0 Å². The third-order valence-electron chi connectivity index (χ3n) is 2.59. The summed E-state index contributed by atoms with van der Waals surface area (Å²) in [6, 6.07) is 6.62. The van der Waals surface area contributed by atoms with Crippen LogP contribution in [-0.2, 0) is 4.79 Å². The summed E-state index contributed by atoms with van der Waals surface area (Å²) in [6.07, 6.45) is 0.736. The van der Waals surface area contributed by atoms with E-state index in [4.69, 9.17) is 11.6 Å². The number of carbonyl (C=O) groups excluding carboxylic acids is 1. The van der Waals surface area contributed by atoms with E-state index in [1.54, 1.807) is 25.1 Å². The summed E-state index contributed by atoms with van der Waals surface area (Å²) in [7, 11) is 1.82. The molecule has 5 heteroatoms. The van der Waals surface area contributed by atoms with Crippen LogP contribution >= 0.6 is 11.6 Å². The van der Waals surface area contributed by atoms with E-state index in [1.165, 1.54) is 6.07 Å². The summed E-state index contributed by atoms with van der Waals surface area (Å²) in [4.78, 5) is 13.0. The van der Waals surface area contributed by atoms with Crippen molar-refractivity contribution in [2.45, 2.75) is 18.7 Å². The monoisotopic (exact) mass is 272 g/mol. The van der Waals surface area contributed by atoms with Crippen molar-refractivity contribution in [1.82, 2.24) is 5.32 Å². The minimum absolute atomic E-state index is 0.176. The predicted molar refractivity (Wildman–Crippen MR) is 72.6 cm³/mol. The van der Waals surface area contributed by atoms with Crippen molar-refractivity contribution < 1.29 is 9.18 Å². The van der Waals surface area contributed by atoms with Gasteiger partial charge in [-0.15, -0.1) is 11.6 Å². The van der Waals surface area contributed by atoms with E-state index in [1.807, 2.05) is 11.9 Å². The highest BCUT2D eigenvalue weighted by Gasteiger charge is 2.08. The molecule has 0 saturated heterocycles. The Hall–Kier alpha value is -1.29. The molecule has 1 unspecified atom stereocenters. The lowest BCUT2D eigenvalue weighted by atomic mass is 10.2. The summed E-state index contributed by atoms with van der Waals surface area (Å²) < 4.78 is 13.5. The lowest BCUT2D eigenvalue weighted by molar-refractivity contribution is -0.120. The number of anilines is 1. The molecule has 1 rings (SSSR count). The Morgan fingerprint density at radius 1 is 1.50 bits per heavy atom. The summed E-state index contributed by atoms with van der Waals surface area (Å²) in [6.45, 7) is 2.83. The lowest BCUT2D eigenvalue weighted by Crippen LogP contribution is -2.32. The number of hydrogen-bond donors (Lipinski definition) is 1. The minimum Gasteiger partial charge on any atom is -0.372 e. The van der Waals surface area contributed by atoms with Gasteiger partial charge in [-0.25, -0.2) is 4.39 Å². The summed E-state index contributed by atoms with van der Waals surface area (Å²) >= 11 is 5.61. The highest BCUT2D eigenvalue weighted by atomic mass is 35.5. The van der Waals surface area contributed by atoms with E-state index in [0.29, 0.717) is 18.8 Å². The van der Waals surface area contributed by atoms with Crippen LogP contribution in [0.2, 0.25) is 0 Å². The zero-order valence-corrected chi connectivity index (χ0v) is 11.4. The second-order valence-corrected chi connectivity index (χ2v) is 4.79. The van der Waals surface area contributed by atoms with Gasteiger partial charge in [-0.2, -0.15) is 0 Å². The first-order valence-corrected chi connectivity index (χ1v) is 6.33. The fourth-order valence-corrected chi connectivity index (χ4v) is 1.63. The molecule has 100 valence electrons. The van der Waals surface area contributed by atoms with Gasteiger partial charge in [-0.05, 0) is 25.5 Å². The molecule has 0 aliphatic carbocycles. The van der Waals surface area contributed by atoms with Gasteiger partial charge in [0.1, 0.15) is 11.2 Å². The third kappa shape index (κ3) is 4.53. The molecule has 1 atom stereocenters. The third-order valence-corrected chi connectivity index (χ3v) is 2.79. The van der Waals surface area contributed by atoms with Crippen molar-refractivity contribution in [2.75, 3.05) is 25.0 Å². The number of nitrogens with one attached hydrogen (secondary N) is 1. The van der Waals surface area contributed by atoms with Crippen LogP contribution in [0.5, 0.6) is 0 Å². The molecule has 18 heavy (non-hydrogen) atoms. The summed E-state index contributed by atoms with van der Waals surface area (Å²) in [5.74, 6) is -0.413. The zero-order chi connectivity index (χ0) is 13.5. The molecule has 1 aromatic carbocycles. The van der Waals surface area contributed by atoms with Crippen molar-refractivity contribution in [1.29, 1.82) is 0 Å². The van der Waals surface area contributed by atoms with E-state index in [0.717, 1.165) is 6.42 Å². The van der Waals surface area contributed by atoms with Crippen LogP contribution in [0.3, 0.4) is 0 Å². The van der Waals surface area contributed by atoms with Gasteiger partial charge in [-0.1, -0.05) is 12.1 Å². The Kier molecular flexibility index (Phi) is 5.92. The largest absolute Gasteiger partial charge is 0.372 e. The number of carbonyl (C=O) groups is 1. The number of alkyl halides is 1. The second-order valence-electron chi connectivity index (χ2n) is 4.13. The number of amides is 1. The Bertz CT molecular complexity index is 398. The molecule has 0 radical (unpaired) electrons. The maximum absolute atomic E-state index is 13.5. The topological polar surface area (TPSA) is 32.3 Å². The van der Waals surface area contributed by atoms with Crippen LogP contribution < -0.4 is 10.2 Å². The van der Waals surface area contributed by atoms with E-state index in [-0.39, 0.29) is 11.7 Å². The fraction of sp³-hybridized carbons (Fsp3) is 0.462. The standard InChI is InChI=1S/C13H18ClFN2O/c1-10(14)13(18)16-8-5-9-17(2)12-7-4-3-6-11(12)15/h3-4,6-7,10H,5,8-9H2,1-2H3,(H,16,18). The van der Waals surface area contributed by atoms with Gasteiger partial charge in [0.2, 0.25) is 5.91 Å². The molecule has 0 aliphatic rings. The molecule has 0 saturated carbocycles. The van der Waals surface area contributed by atoms with Crippen LogP contribution in [0, 0.1) is 5.82 Å². The van der Waals surface area contributed by atoms with Crippen LogP contribution in [0.1, 0.15) is 13.3 Å². The number of para-hydroxylation sites is 1. The van der Waals surface area contributed by atoms with Crippen molar-refractivity contribution >= 4 is 23.2 Å². The van der Waals surface area contributed by atoms with Gasteiger partial charge in [-0.3, -0.25) is 4.79 Å². The fourth-order valence-electron chi connectivity index (χ4n) is 1.55. The van der Waals surface area contributed by atoms with Gasteiger partial charge in [0.25, 0.3) is 0 Å². The van der Waals surface area contributed by atoms with E-state index in [2.05, 4.69) is 5.32 Å². The maximum atomic E-state index is 13.5. The van der Waals surface area contributed by atoms with Crippen molar-refractivity contribution in [3.8, 4) is 0 Å². The molecule has 1 amide bonds. The maximum Gasteiger partial charge on any atom is 0.237 e. The average molecular weight is 273 g/mol. The van der Waals surface area contributed by atoms with E-state index in [9.17, 15) is 9.18 Å². The molecular formula is C13H18ClFN2O. The van der Waals surface area contributed by atoms with Crippen LogP contribution in [0.15, 0.2) is 24.3 Å². The minimum atomic E-state index is -0.519. The molecule has 0 bridgehead atoms. The summed E-state index contributed by atoms with van der Waals surface area (Å²) in [5.41, 5.74) is 0.564. The van der Waals surface area contributed by atoms with Crippen molar-refractivity contribution in [3.05, 3.63) is 30.1 Å². The Balaban J connectivity index is 2.32. The van der Waals surface area contributed by atoms with Crippen LogP contribution in [0.4, 0.5) is 10.1 Å². The van der Waals surface area contributed by atoms with E-state index >= 15 is 0 Å². The quantitative estimate of drug-likeness (QED) is 0.637. The lowest BCUT2D eigenvalue weighted by Gasteiger charge is -2.19. The smallest absolute Gasteiger partial charge is 0.237 e. The molecule has 1 aromatic rings. The number of hydrogen-bond acceptors (Lipinski definition) is 2. The van der Waals surface area contributed by atoms with Crippen LogP contribution in [0.25, 0.3) is 0 Å². The predicted octanol–water partition coefficient (Wildman–Crippen LogP) is 2.40. The second kappa shape index (κ2) is 7.21. The Morgan fingerprint density at radius 2 is 2.17 bits per heavy atom. The zero-order valence-electron chi connectivity index (χ0n) is 10.6. The molecule has 3 nitrogen and oxygen atoms in total. The van der Waals surface area contributed by atoms with Gasteiger partial charge < -0.3 is 10.2 Å². The van der Waals surface area contributed by atoms with Gasteiger partial charge in [0.15, 0.2) is 0 Å². The van der Waals surface area contributed by atoms with Gasteiger partial charge in [0, 0.05) is 20.1 Å². The number of rotatable bonds is 6. The first-order valence-electron chi connectivity index (χ1n) is 5.90. The van der Waals surface area contributed by atoms with Gasteiger partial charge in [0.05, 0.1) is 5.69 Å². The number of halogens is 2. The van der Waals surface area contributed by atoms with Crippen molar-refractivity contribution in [3.63, 3.8) is 0 Å². The van der Waals surface area contributed by atoms with Crippen molar-refractivity contribution in [2.24, 2.45) is 0 Å². The number of benzene rings is 1. The Morgan fingerprint density at radius 3 is 2.78 bits per heavy atom. The average Bonchev–Trinajstić information content (AvgIpc) is 2.34. The summed E-state index contributed by atoms with van der Waals surface area (Å²) in [5, 5.41) is 2.19. The molecule has 0 heterocycles. The molecule has 1 N–H and O–H groups in total. The molecule has 0 aromatic heterocycles. The highest BCUT2D eigenvalue weighted by molar-refractivity contribution is 6.30. The Labute approximate surface area is 112 Å². The number of nitrogens with zero attached hydrogens (tertiary/aromatic N) is 1. The highest BCUT2D eigenvalue weighted by Crippen LogP contribution is 2.16. The molecule has 0 fully saturated rings.